The molecule has 0 bridgehead atoms. The fourth-order valence-corrected chi connectivity index (χ4v) is 4.06. The lowest BCUT2D eigenvalue weighted by Gasteiger charge is -2.15. The molecule has 5 rings (SSSR count). The van der Waals surface area contributed by atoms with Crippen LogP contribution in [0.4, 0.5) is 22.9 Å². The molecule has 29 heavy (non-hydrogen) atoms. The monoisotopic (exact) mass is 396 g/mol. The molecule has 5 aromatic rings. The number of hydrogen-bond acceptors (Lipinski definition) is 4. The minimum atomic E-state index is 0.851. The van der Waals surface area contributed by atoms with Crippen molar-refractivity contribution < 1.29 is 0 Å². The molecule has 0 fully saturated rings. The molecule has 0 aliphatic carbocycles. The Balaban J connectivity index is 1.49. The topological polar surface area (TPSA) is 41.9 Å². The summed E-state index contributed by atoms with van der Waals surface area (Å²) in [6.07, 6.45) is 5.94. The first-order valence-corrected chi connectivity index (χ1v) is 10.4. The summed E-state index contributed by atoms with van der Waals surface area (Å²) in [4.78, 5) is 4.60. The van der Waals surface area contributed by atoms with Crippen LogP contribution in [-0.2, 0) is 0 Å². The number of nitrogens with zero attached hydrogens (tertiary/aromatic N) is 2. The van der Waals surface area contributed by atoms with Crippen LogP contribution in [0.2, 0.25) is 0 Å². The SMILES string of the molecule is Cc1ccc2c(Nc3ccc(-n4cccc4)cc3)nccc2c1Nc1ccsc1. The van der Waals surface area contributed by atoms with Gasteiger partial charge < -0.3 is 15.2 Å². The number of fused-ring (bicyclic) bond motifs is 1. The number of aryl methyl sites for hydroxylation is 1. The molecule has 3 heterocycles. The third-order valence-electron chi connectivity index (χ3n) is 4.98. The normalized spacial score (nSPS) is 10.9. The van der Waals surface area contributed by atoms with Crippen molar-refractivity contribution in [2.45, 2.75) is 6.92 Å². The van der Waals surface area contributed by atoms with Crippen LogP contribution in [0.3, 0.4) is 0 Å². The average Bonchev–Trinajstić information content (AvgIpc) is 3.45. The second-order valence-corrected chi connectivity index (χ2v) is 7.69. The number of benzene rings is 2. The molecule has 0 spiro atoms. The summed E-state index contributed by atoms with van der Waals surface area (Å²) in [6, 6.07) is 20.8. The highest BCUT2D eigenvalue weighted by atomic mass is 32.1. The average molecular weight is 397 g/mol. The summed E-state index contributed by atoms with van der Waals surface area (Å²) in [5, 5.41) is 13.5. The van der Waals surface area contributed by atoms with Gasteiger partial charge in [0.25, 0.3) is 0 Å². The number of anilines is 4. The molecule has 3 aromatic heterocycles. The van der Waals surface area contributed by atoms with Crippen LogP contribution >= 0.6 is 11.3 Å². The van der Waals surface area contributed by atoms with E-state index in [4.69, 9.17) is 0 Å². The molecule has 0 saturated carbocycles. The van der Waals surface area contributed by atoms with Crippen LogP contribution in [0, 0.1) is 6.92 Å². The molecule has 4 nitrogen and oxygen atoms in total. The summed E-state index contributed by atoms with van der Waals surface area (Å²) in [6.45, 7) is 2.13. The van der Waals surface area contributed by atoms with Gasteiger partial charge in [0, 0.05) is 57.5 Å². The van der Waals surface area contributed by atoms with Gasteiger partial charge in [-0.05, 0) is 66.4 Å². The molecule has 0 aliphatic heterocycles. The lowest BCUT2D eigenvalue weighted by Crippen LogP contribution is -1.98. The molecule has 142 valence electrons. The summed E-state index contributed by atoms with van der Waals surface area (Å²) in [5.74, 6) is 0.851. The smallest absolute Gasteiger partial charge is 0.138 e. The molecule has 0 unspecified atom stereocenters. The summed E-state index contributed by atoms with van der Waals surface area (Å²) < 4.78 is 2.09. The molecule has 2 aromatic carbocycles. The Morgan fingerprint density at radius 3 is 2.41 bits per heavy atom. The fourth-order valence-electron chi connectivity index (χ4n) is 3.47. The summed E-state index contributed by atoms with van der Waals surface area (Å²) in [7, 11) is 0. The van der Waals surface area contributed by atoms with E-state index in [1.807, 2.05) is 30.7 Å². The van der Waals surface area contributed by atoms with Crippen LogP contribution in [0.15, 0.2) is 90.0 Å². The Bertz CT molecular complexity index is 1240. The van der Waals surface area contributed by atoms with Crippen LogP contribution in [0.25, 0.3) is 16.5 Å². The van der Waals surface area contributed by atoms with Gasteiger partial charge in [0.15, 0.2) is 0 Å². The van der Waals surface area contributed by atoms with Crippen LogP contribution < -0.4 is 10.6 Å². The fraction of sp³-hybridized carbons (Fsp3) is 0.0417. The first kappa shape index (κ1) is 17.5. The Kier molecular flexibility index (Phi) is 4.50. The number of nitrogens with one attached hydrogen (secondary N) is 2. The van der Waals surface area contributed by atoms with E-state index in [0.29, 0.717) is 0 Å². The van der Waals surface area contributed by atoms with Crippen molar-refractivity contribution in [3.63, 3.8) is 0 Å². The largest absolute Gasteiger partial charge is 0.354 e. The summed E-state index contributed by atoms with van der Waals surface area (Å²) in [5.41, 5.74) is 5.57. The van der Waals surface area contributed by atoms with Crippen molar-refractivity contribution in [1.82, 2.24) is 9.55 Å². The molecule has 0 amide bonds. The van der Waals surface area contributed by atoms with Gasteiger partial charge in [-0.3, -0.25) is 0 Å². The van der Waals surface area contributed by atoms with Crippen LogP contribution in [0.1, 0.15) is 5.56 Å². The molecule has 5 heteroatoms. The molecule has 0 saturated heterocycles. The van der Waals surface area contributed by atoms with Crippen LogP contribution in [0.5, 0.6) is 0 Å². The van der Waals surface area contributed by atoms with E-state index in [0.717, 1.165) is 39.3 Å². The van der Waals surface area contributed by atoms with E-state index in [-0.39, 0.29) is 0 Å². The number of pyridine rings is 1. The zero-order chi connectivity index (χ0) is 19.6. The predicted molar refractivity (Wildman–Crippen MR) is 123 cm³/mol. The van der Waals surface area contributed by atoms with Gasteiger partial charge in [-0.15, -0.1) is 0 Å². The molecule has 0 radical (unpaired) electrons. The maximum absolute atomic E-state index is 4.60. The third-order valence-corrected chi connectivity index (χ3v) is 5.66. The van der Waals surface area contributed by atoms with Crippen molar-refractivity contribution in [3.05, 3.63) is 95.6 Å². The predicted octanol–water partition coefficient (Wildman–Crippen LogP) is 6.88. The Hall–Kier alpha value is -3.57. The molecule has 0 atom stereocenters. The molecular weight excluding hydrogens is 376 g/mol. The second kappa shape index (κ2) is 7.45. The van der Waals surface area contributed by atoms with Crippen molar-refractivity contribution in [3.8, 4) is 5.69 Å². The van der Waals surface area contributed by atoms with Gasteiger partial charge in [0.1, 0.15) is 5.82 Å². The van der Waals surface area contributed by atoms with Gasteiger partial charge in [0.2, 0.25) is 0 Å². The van der Waals surface area contributed by atoms with Crippen molar-refractivity contribution in [1.29, 1.82) is 0 Å². The van der Waals surface area contributed by atoms with Gasteiger partial charge in [-0.1, -0.05) is 12.1 Å². The van der Waals surface area contributed by atoms with Gasteiger partial charge in [-0.2, -0.15) is 11.3 Å². The second-order valence-electron chi connectivity index (χ2n) is 6.91. The van der Waals surface area contributed by atoms with Crippen LogP contribution in [-0.4, -0.2) is 9.55 Å². The van der Waals surface area contributed by atoms with E-state index < -0.39 is 0 Å². The van der Waals surface area contributed by atoms with E-state index in [9.17, 15) is 0 Å². The Morgan fingerprint density at radius 2 is 1.66 bits per heavy atom. The summed E-state index contributed by atoms with van der Waals surface area (Å²) >= 11 is 1.69. The van der Waals surface area contributed by atoms with E-state index in [1.165, 1.54) is 5.56 Å². The van der Waals surface area contributed by atoms with Gasteiger partial charge in [0.05, 0.1) is 0 Å². The lowest BCUT2D eigenvalue weighted by molar-refractivity contribution is 1.08. The lowest BCUT2D eigenvalue weighted by atomic mass is 10.1. The van der Waals surface area contributed by atoms with E-state index >= 15 is 0 Å². The zero-order valence-corrected chi connectivity index (χ0v) is 16.8. The van der Waals surface area contributed by atoms with Crippen molar-refractivity contribution in [2.75, 3.05) is 10.6 Å². The highest BCUT2D eigenvalue weighted by Gasteiger charge is 2.10. The van der Waals surface area contributed by atoms with E-state index in [2.05, 4.69) is 86.4 Å². The first-order chi connectivity index (χ1) is 14.3. The molecule has 0 aliphatic rings. The number of hydrogen-bond donors (Lipinski definition) is 2. The number of aromatic nitrogens is 2. The van der Waals surface area contributed by atoms with Crippen molar-refractivity contribution >= 4 is 45.0 Å². The van der Waals surface area contributed by atoms with E-state index in [1.54, 1.807) is 11.3 Å². The highest BCUT2D eigenvalue weighted by molar-refractivity contribution is 7.08. The molecule has 2 N–H and O–H groups in total. The standard InChI is InChI=1S/C24H20N4S/c1-17-4-9-22-21(23(17)26-19-11-15-29-16-19)10-12-25-24(22)27-18-5-7-20(8-6-18)28-13-2-3-14-28/h2-16,26H,1H3,(H,25,27). The quantitative estimate of drug-likeness (QED) is 0.340. The first-order valence-electron chi connectivity index (χ1n) is 9.46. The van der Waals surface area contributed by atoms with Gasteiger partial charge in [-0.25, -0.2) is 4.98 Å². The van der Waals surface area contributed by atoms with Crippen molar-refractivity contribution in [2.24, 2.45) is 0 Å². The Morgan fingerprint density at radius 1 is 0.828 bits per heavy atom. The number of thiophene rings is 1. The number of rotatable bonds is 5. The minimum absolute atomic E-state index is 0.851. The zero-order valence-electron chi connectivity index (χ0n) is 16.0. The third kappa shape index (κ3) is 3.48. The Labute approximate surface area is 173 Å². The maximum Gasteiger partial charge on any atom is 0.138 e. The highest BCUT2D eigenvalue weighted by Crippen LogP contribution is 2.34. The molecular formula is C24H20N4S. The minimum Gasteiger partial charge on any atom is -0.354 e. The van der Waals surface area contributed by atoms with Gasteiger partial charge >= 0.3 is 0 Å². The maximum atomic E-state index is 4.60.